The first-order valence-corrected chi connectivity index (χ1v) is 13.6. The Labute approximate surface area is 234 Å². The summed E-state index contributed by atoms with van der Waals surface area (Å²) in [7, 11) is 1.69. The summed E-state index contributed by atoms with van der Waals surface area (Å²) in [6, 6.07) is 16.8. The number of amides is 1. The van der Waals surface area contributed by atoms with E-state index in [1.165, 1.54) is 39.5 Å². The Morgan fingerprint density at radius 3 is 2.40 bits per heavy atom. The second kappa shape index (κ2) is 10.8. The molecule has 0 radical (unpaired) electrons. The van der Waals surface area contributed by atoms with Gasteiger partial charge in [0, 0.05) is 26.2 Å². The van der Waals surface area contributed by atoms with Gasteiger partial charge in [-0.05, 0) is 41.8 Å². The number of rotatable bonds is 7. The monoisotopic (exact) mass is 585 g/mol. The van der Waals surface area contributed by atoms with Gasteiger partial charge in [0.2, 0.25) is 0 Å². The highest BCUT2D eigenvalue weighted by Crippen LogP contribution is 2.44. The Kier molecular flexibility index (Phi) is 7.39. The Bertz CT molecular complexity index is 1680. The zero-order valence-electron chi connectivity index (χ0n) is 21.2. The minimum atomic E-state index is -4.67. The topological polar surface area (TPSA) is 93.4 Å². The first-order chi connectivity index (χ1) is 19.0. The lowest BCUT2D eigenvalue weighted by molar-refractivity contribution is -0.139. The summed E-state index contributed by atoms with van der Waals surface area (Å²) in [5.74, 6) is -0.881. The van der Waals surface area contributed by atoms with Crippen LogP contribution < -0.4 is 5.32 Å². The van der Waals surface area contributed by atoms with Crippen molar-refractivity contribution < 1.29 is 32.6 Å². The highest BCUT2D eigenvalue weighted by Gasteiger charge is 2.34. The molecule has 3 heterocycles. The predicted molar refractivity (Wildman–Crippen MR) is 149 cm³/mol. The van der Waals surface area contributed by atoms with Crippen LogP contribution in [0.4, 0.5) is 23.8 Å². The summed E-state index contributed by atoms with van der Waals surface area (Å²) in [6.45, 7) is 1.78. The molecule has 206 valence electrons. The average molecular weight is 586 g/mol. The normalized spacial score (nSPS) is 12.4. The molecule has 0 aliphatic carbocycles. The number of nitrogens with one attached hydrogen (secondary N) is 1. The van der Waals surface area contributed by atoms with E-state index in [4.69, 9.17) is 9.84 Å². The van der Waals surface area contributed by atoms with Crippen LogP contribution in [-0.2, 0) is 29.2 Å². The molecule has 0 spiro atoms. The average Bonchev–Trinajstić information content (AvgIpc) is 3.57. The third-order valence-corrected chi connectivity index (χ3v) is 8.60. The molecular formula is C28H22F3N3O4S2. The number of hydrogen-bond acceptors (Lipinski definition) is 6. The second-order valence-electron chi connectivity index (χ2n) is 9.00. The summed E-state index contributed by atoms with van der Waals surface area (Å²) in [6.07, 6.45) is -4.85. The number of fused-ring (bicyclic) bond motifs is 1. The first kappa shape index (κ1) is 27.4. The molecule has 0 unspecified atom stereocenters. The highest BCUT2D eigenvalue weighted by molar-refractivity contribution is 7.31. The van der Waals surface area contributed by atoms with E-state index in [0.717, 1.165) is 25.9 Å². The van der Waals surface area contributed by atoms with Crippen LogP contribution in [0.25, 0.3) is 30.3 Å². The maximum absolute atomic E-state index is 13.6. The van der Waals surface area contributed by atoms with Gasteiger partial charge in [0.15, 0.2) is 0 Å². The van der Waals surface area contributed by atoms with Crippen molar-refractivity contribution in [2.45, 2.75) is 25.6 Å². The fourth-order valence-electron chi connectivity index (χ4n) is 4.27. The molecular weight excluding hydrogens is 563 g/mol. The van der Waals surface area contributed by atoms with Gasteiger partial charge in [0.1, 0.15) is 11.9 Å². The second-order valence-corrected chi connectivity index (χ2v) is 11.2. The van der Waals surface area contributed by atoms with Crippen LogP contribution in [0.15, 0.2) is 66.9 Å². The summed E-state index contributed by atoms with van der Waals surface area (Å²) in [4.78, 5) is 25.1. The summed E-state index contributed by atoms with van der Waals surface area (Å²) < 4.78 is 49.7. The molecule has 0 fully saturated rings. The van der Waals surface area contributed by atoms with Gasteiger partial charge in [-0.15, -0.1) is 22.7 Å². The molecule has 40 heavy (non-hydrogen) atoms. The van der Waals surface area contributed by atoms with Gasteiger partial charge in [-0.2, -0.15) is 18.3 Å². The molecule has 7 nitrogen and oxygen atoms in total. The molecule has 5 rings (SSSR count). The molecule has 5 aromatic rings. The number of aromatic nitrogens is 2. The number of hydrogen-bond donors (Lipinski definition) is 2. The Balaban J connectivity index is 1.39. The molecule has 0 saturated heterocycles. The molecule has 0 aliphatic heterocycles. The number of carbonyl (C=O) groups excluding carboxylic acids is 1. The third-order valence-electron chi connectivity index (χ3n) is 6.23. The van der Waals surface area contributed by atoms with Crippen molar-refractivity contribution in [2.75, 3.05) is 5.32 Å². The number of thiophene rings is 2. The van der Waals surface area contributed by atoms with Gasteiger partial charge in [0.25, 0.3) is 0 Å². The molecule has 12 heteroatoms. The summed E-state index contributed by atoms with van der Waals surface area (Å²) >= 11 is 2.74. The molecule has 1 amide bonds. The van der Waals surface area contributed by atoms with Crippen LogP contribution in [0.3, 0.4) is 0 Å². The Morgan fingerprint density at radius 2 is 1.73 bits per heavy atom. The number of benzene rings is 2. The van der Waals surface area contributed by atoms with Crippen LogP contribution in [0.2, 0.25) is 0 Å². The van der Waals surface area contributed by atoms with Gasteiger partial charge < -0.3 is 9.84 Å². The Hall–Kier alpha value is -4.16. The zero-order chi connectivity index (χ0) is 28.6. The lowest BCUT2D eigenvalue weighted by Crippen LogP contribution is -2.18. The van der Waals surface area contributed by atoms with E-state index in [1.807, 2.05) is 36.4 Å². The molecule has 0 bridgehead atoms. The van der Waals surface area contributed by atoms with Crippen molar-refractivity contribution in [3.63, 3.8) is 0 Å². The molecule has 0 saturated carbocycles. The highest BCUT2D eigenvalue weighted by atomic mass is 32.1. The fourth-order valence-corrected chi connectivity index (χ4v) is 6.67. The maximum Gasteiger partial charge on any atom is 0.416 e. The lowest BCUT2D eigenvalue weighted by atomic mass is 10.0. The van der Waals surface area contributed by atoms with Crippen molar-refractivity contribution in [3.05, 3.63) is 83.6 Å². The van der Waals surface area contributed by atoms with Gasteiger partial charge in [-0.3, -0.25) is 14.8 Å². The van der Waals surface area contributed by atoms with Crippen molar-refractivity contribution in [2.24, 2.45) is 7.05 Å². The van der Waals surface area contributed by atoms with Crippen LogP contribution in [-0.4, -0.2) is 26.9 Å². The third kappa shape index (κ3) is 5.73. The Morgan fingerprint density at radius 1 is 1.05 bits per heavy atom. The number of halogens is 3. The van der Waals surface area contributed by atoms with E-state index in [-0.39, 0.29) is 5.56 Å². The fraction of sp³-hybridized carbons (Fsp3) is 0.179. The van der Waals surface area contributed by atoms with Gasteiger partial charge in [0.05, 0.1) is 23.7 Å². The summed E-state index contributed by atoms with van der Waals surface area (Å²) in [5, 5.41) is 16.0. The van der Waals surface area contributed by atoms with Crippen molar-refractivity contribution in [1.29, 1.82) is 0 Å². The van der Waals surface area contributed by atoms with Gasteiger partial charge in [-0.1, -0.05) is 42.5 Å². The predicted octanol–water partition coefficient (Wildman–Crippen LogP) is 7.99. The SMILES string of the molecule is C[C@@H](OC(=O)Nc1c(-c2cc3sc(-c4ccc(CC(=O)O)c(C(F)(F)F)c4)cc3s2)cnn1C)c1ccccc1. The zero-order valence-corrected chi connectivity index (χ0v) is 22.8. The number of ether oxygens (including phenoxy) is 1. The number of carboxylic acids is 1. The van der Waals surface area contributed by atoms with Crippen molar-refractivity contribution in [3.8, 4) is 20.9 Å². The van der Waals surface area contributed by atoms with Crippen LogP contribution in [0.5, 0.6) is 0 Å². The number of alkyl halides is 3. The first-order valence-electron chi connectivity index (χ1n) is 12.0. The van der Waals surface area contributed by atoms with E-state index in [1.54, 1.807) is 26.2 Å². The van der Waals surface area contributed by atoms with E-state index in [9.17, 15) is 22.8 Å². The molecule has 3 aromatic heterocycles. The van der Waals surface area contributed by atoms with Gasteiger partial charge in [-0.25, -0.2) is 4.79 Å². The smallest absolute Gasteiger partial charge is 0.416 e. The van der Waals surface area contributed by atoms with E-state index >= 15 is 0 Å². The number of carboxylic acid groups (broad SMARTS) is 1. The van der Waals surface area contributed by atoms with Crippen molar-refractivity contribution in [1.82, 2.24) is 9.78 Å². The molecule has 1 atom stereocenters. The van der Waals surface area contributed by atoms with E-state index in [2.05, 4.69) is 10.4 Å². The minimum Gasteiger partial charge on any atom is -0.481 e. The molecule has 2 aromatic carbocycles. The summed E-state index contributed by atoms with van der Waals surface area (Å²) in [5.41, 5.74) is 0.660. The quantitative estimate of drug-likeness (QED) is 0.202. The van der Waals surface area contributed by atoms with Gasteiger partial charge >= 0.3 is 18.2 Å². The number of anilines is 1. The lowest BCUT2D eigenvalue weighted by Gasteiger charge is -2.14. The molecule has 0 aliphatic rings. The largest absolute Gasteiger partial charge is 0.481 e. The van der Waals surface area contributed by atoms with Crippen LogP contribution in [0, 0.1) is 0 Å². The van der Waals surface area contributed by atoms with Crippen LogP contribution >= 0.6 is 22.7 Å². The number of aryl methyl sites for hydroxylation is 1. The standard InChI is InChI=1S/C28H22F3N3O4S2/c1-15(16-6-4-3-5-7-16)38-27(37)33-26-19(14-32-34(26)2)22-13-24-23(40-22)12-21(39-24)18-9-8-17(11-25(35)36)20(10-18)28(29,30)31/h3-10,12-15H,11H2,1-2H3,(H,33,37)(H,35,36)/t15-/m1/s1. The number of carbonyl (C=O) groups is 2. The minimum absolute atomic E-state index is 0.280. The number of aliphatic carboxylic acids is 1. The van der Waals surface area contributed by atoms with E-state index < -0.39 is 36.3 Å². The maximum atomic E-state index is 13.6. The van der Waals surface area contributed by atoms with E-state index in [0.29, 0.717) is 21.8 Å². The number of nitrogens with zero attached hydrogens (tertiary/aromatic N) is 2. The van der Waals surface area contributed by atoms with Crippen LogP contribution in [0.1, 0.15) is 29.7 Å². The molecule has 2 N–H and O–H groups in total. The van der Waals surface area contributed by atoms with Crippen molar-refractivity contribution >= 4 is 50.0 Å².